The maximum atomic E-state index is 2.48. The van der Waals surface area contributed by atoms with Gasteiger partial charge in [-0.2, -0.15) is 0 Å². The molecule has 0 amide bonds. The van der Waals surface area contributed by atoms with Crippen molar-refractivity contribution in [1.82, 2.24) is 4.57 Å². The van der Waals surface area contributed by atoms with Gasteiger partial charge in [0.1, 0.15) is 0 Å². The van der Waals surface area contributed by atoms with Crippen LogP contribution in [0.15, 0.2) is 218 Å². The zero-order valence-corrected chi connectivity index (χ0v) is 31.2. The fourth-order valence-corrected chi connectivity index (χ4v) is 10.1. The molecule has 0 radical (unpaired) electrons. The van der Waals surface area contributed by atoms with Crippen LogP contribution in [-0.2, 0) is 5.41 Å². The molecule has 57 heavy (non-hydrogen) atoms. The molecule has 10 aromatic rings. The van der Waals surface area contributed by atoms with Crippen LogP contribution in [0.5, 0.6) is 0 Å². The van der Waals surface area contributed by atoms with Crippen LogP contribution in [0.3, 0.4) is 0 Å². The minimum atomic E-state index is -0.430. The Bertz CT molecular complexity index is 3070. The van der Waals surface area contributed by atoms with E-state index >= 15 is 0 Å². The van der Waals surface area contributed by atoms with Gasteiger partial charge in [0.05, 0.1) is 22.1 Å². The third kappa shape index (κ3) is 4.47. The van der Waals surface area contributed by atoms with Gasteiger partial charge in [-0.15, -0.1) is 0 Å². The molecule has 0 N–H and O–H groups in total. The van der Waals surface area contributed by atoms with Crippen molar-refractivity contribution in [3.05, 3.63) is 241 Å². The van der Waals surface area contributed by atoms with E-state index in [0.29, 0.717) is 0 Å². The molecule has 0 saturated carbocycles. The molecule has 9 aromatic carbocycles. The van der Waals surface area contributed by atoms with Crippen molar-refractivity contribution in [3.63, 3.8) is 0 Å². The van der Waals surface area contributed by atoms with E-state index in [0.717, 1.165) is 22.7 Å². The molecule has 1 spiro atoms. The molecule has 2 heteroatoms. The van der Waals surface area contributed by atoms with Gasteiger partial charge in [-0.3, -0.25) is 0 Å². The molecule has 2 aliphatic carbocycles. The summed E-state index contributed by atoms with van der Waals surface area (Å²) in [6, 6.07) is 80.5. The lowest BCUT2D eigenvalue weighted by Crippen LogP contribution is -2.26. The van der Waals surface area contributed by atoms with E-state index in [1.54, 1.807) is 0 Å². The van der Waals surface area contributed by atoms with E-state index in [1.807, 2.05) is 0 Å². The summed E-state index contributed by atoms with van der Waals surface area (Å²) in [7, 11) is 0. The quantitative estimate of drug-likeness (QED) is 0.172. The zero-order chi connectivity index (χ0) is 37.5. The molecule has 12 rings (SSSR count). The van der Waals surface area contributed by atoms with Gasteiger partial charge in [0.2, 0.25) is 0 Å². The van der Waals surface area contributed by atoms with Crippen LogP contribution in [0.25, 0.3) is 60.9 Å². The van der Waals surface area contributed by atoms with Crippen LogP contribution in [-0.4, -0.2) is 4.57 Å². The third-order valence-corrected chi connectivity index (χ3v) is 12.4. The first-order valence-corrected chi connectivity index (χ1v) is 19.8. The number of para-hydroxylation sites is 3. The van der Waals surface area contributed by atoms with Crippen LogP contribution >= 0.6 is 0 Å². The van der Waals surface area contributed by atoms with Gasteiger partial charge in [0, 0.05) is 33.4 Å². The Balaban J connectivity index is 1.10. The van der Waals surface area contributed by atoms with Gasteiger partial charge >= 0.3 is 0 Å². The monoisotopic (exact) mass is 724 g/mol. The molecule has 0 saturated heterocycles. The summed E-state index contributed by atoms with van der Waals surface area (Å²) >= 11 is 0. The summed E-state index contributed by atoms with van der Waals surface area (Å²) in [5.41, 5.74) is 19.4. The van der Waals surface area contributed by atoms with Gasteiger partial charge in [0.25, 0.3) is 0 Å². The molecule has 1 heterocycles. The Morgan fingerprint density at radius 2 is 0.789 bits per heavy atom. The lowest BCUT2D eigenvalue weighted by Gasteiger charge is -2.32. The Labute approximate surface area is 332 Å². The highest BCUT2D eigenvalue weighted by Gasteiger charge is 2.51. The second kappa shape index (κ2) is 12.3. The van der Waals surface area contributed by atoms with Crippen LogP contribution in [0.1, 0.15) is 22.3 Å². The van der Waals surface area contributed by atoms with Gasteiger partial charge in [-0.1, -0.05) is 164 Å². The van der Waals surface area contributed by atoms with Crippen LogP contribution in [0.2, 0.25) is 0 Å². The minimum Gasteiger partial charge on any atom is -0.310 e. The van der Waals surface area contributed by atoms with Gasteiger partial charge in [0.15, 0.2) is 0 Å². The van der Waals surface area contributed by atoms with E-state index in [-0.39, 0.29) is 0 Å². The first-order valence-electron chi connectivity index (χ1n) is 19.8. The van der Waals surface area contributed by atoms with Crippen molar-refractivity contribution in [2.75, 3.05) is 4.90 Å². The van der Waals surface area contributed by atoms with Crippen LogP contribution in [0.4, 0.5) is 17.1 Å². The Hall–Kier alpha value is -7.42. The maximum absolute atomic E-state index is 2.48. The average molecular weight is 725 g/mol. The smallest absolute Gasteiger partial charge is 0.0726 e. The molecule has 0 fully saturated rings. The normalized spacial score (nSPS) is 13.1. The van der Waals surface area contributed by atoms with Gasteiger partial charge in [-0.25, -0.2) is 0 Å². The average Bonchev–Trinajstić information content (AvgIpc) is 3.89. The summed E-state index contributed by atoms with van der Waals surface area (Å²) in [5.74, 6) is 0. The SMILES string of the molecule is c1ccc(-c2ccccc2N(c2ccc(-n3c4ccccc4c4ccccc43)cc2)c2ccc3c(c2)C2(c4ccccc4-c4ccccc42)c2ccccc2-3)cc1. The number of hydrogen-bond donors (Lipinski definition) is 0. The minimum absolute atomic E-state index is 0.430. The lowest BCUT2D eigenvalue weighted by atomic mass is 9.70. The Morgan fingerprint density at radius 1 is 0.333 bits per heavy atom. The predicted molar refractivity (Wildman–Crippen MR) is 237 cm³/mol. The number of benzene rings is 9. The second-order valence-corrected chi connectivity index (χ2v) is 15.2. The summed E-state index contributed by atoms with van der Waals surface area (Å²) < 4.78 is 2.39. The van der Waals surface area contributed by atoms with Crippen molar-refractivity contribution < 1.29 is 0 Å². The second-order valence-electron chi connectivity index (χ2n) is 15.2. The Morgan fingerprint density at radius 3 is 1.39 bits per heavy atom. The van der Waals surface area contributed by atoms with E-state index in [1.165, 1.54) is 77.4 Å². The highest BCUT2D eigenvalue weighted by atomic mass is 15.1. The van der Waals surface area contributed by atoms with E-state index < -0.39 is 5.41 Å². The molecular formula is C55H36N2. The molecule has 2 aliphatic rings. The fourth-order valence-electron chi connectivity index (χ4n) is 10.1. The van der Waals surface area contributed by atoms with Crippen LogP contribution in [0, 0.1) is 0 Å². The number of rotatable bonds is 5. The van der Waals surface area contributed by atoms with E-state index in [2.05, 4.69) is 228 Å². The van der Waals surface area contributed by atoms with Crippen LogP contribution < -0.4 is 4.90 Å². The standard InChI is InChI=1S/C55H36N2/c1-2-16-37(17-3-1)41-18-7-13-27-52(41)56(38-30-32-39(33-31-38)57-53-28-14-8-22-46(53)47-23-9-15-29-54(47)57)40-34-35-45-44-21-6-12-26-50(44)55(51(45)36-40)48-24-10-4-19-42(48)43-20-5-11-25-49(43)55/h1-36H. The van der Waals surface area contributed by atoms with Crippen molar-refractivity contribution in [1.29, 1.82) is 0 Å². The lowest BCUT2D eigenvalue weighted by molar-refractivity contribution is 0.793. The Kier molecular flexibility index (Phi) is 6.88. The van der Waals surface area contributed by atoms with Gasteiger partial charge in [-0.05, 0) is 105 Å². The van der Waals surface area contributed by atoms with E-state index in [4.69, 9.17) is 0 Å². The first-order chi connectivity index (χ1) is 28.3. The number of hydrogen-bond acceptors (Lipinski definition) is 1. The molecule has 2 nitrogen and oxygen atoms in total. The van der Waals surface area contributed by atoms with Crippen molar-refractivity contribution in [2.45, 2.75) is 5.41 Å². The maximum Gasteiger partial charge on any atom is 0.0726 e. The molecular weight excluding hydrogens is 689 g/mol. The molecule has 266 valence electrons. The zero-order valence-electron chi connectivity index (χ0n) is 31.2. The van der Waals surface area contributed by atoms with E-state index in [9.17, 15) is 0 Å². The van der Waals surface area contributed by atoms with Crippen molar-refractivity contribution in [2.24, 2.45) is 0 Å². The molecule has 0 atom stereocenters. The number of nitrogens with zero attached hydrogens (tertiary/aromatic N) is 2. The number of anilines is 3. The first kappa shape index (κ1) is 31.9. The van der Waals surface area contributed by atoms with Crippen molar-refractivity contribution >= 4 is 38.9 Å². The van der Waals surface area contributed by atoms with Gasteiger partial charge < -0.3 is 9.47 Å². The third-order valence-electron chi connectivity index (χ3n) is 12.4. The fraction of sp³-hybridized carbons (Fsp3) is 0.0182. The summed E-state index contributed by atoms with van der Waals surface area (Å²) in [6.07, 6.45) is 0. The summed E-state index contributed by atoms with van der Waals surface area (Å²) in [5, 5.41) is 2.53. The highest BCUT2D eigenvalue weighted by Crippen LogP contribution is 2.63. The molecule has 0 bridgehead atoms. The van der Waals surface area contributed by atoms with Crippen molar-refractivity contribution in [3.8, 4) is 39.1 Å². The topological polar surface area (TPSA) is 8.17 Å². The molecule has 0 unspecified atom stereocenters. The largest absolute Gasteiger partial charge is 0.310 e. The predicted octanol–water partition coefficient (Wildman–Crippen LogP) is 14.3. The highest BCUT2D eigenvalue weighted by molar-refractivity contribution is 6.09. The molecule has 1 aromatic heterocycles. The summed E-state index contributed by atoms with van der Waals surface area (Å²) in [4.78, 5) is 2.46. The summed E-state index contributed by atoms with van der Waals surface area (Å²) in [6.45, 7) is 0. The molecule has 0 aliphatic heterocycles. The number of aromatic nitrogens is 1. The number of fused-ring (bicyclic) bond motifs is 13.